The Morgan fingerprint density at radius 3 is 2.52 bits per heavy atom. The molecule has 0 bridgehead atoms. The lowest BCUT2D eigenvalue weighted by atomic mass is 9.71. The zero-order chi connectivity index (χ0) is 15.2. The van der Waals surface area contributed by atoms with Crippen molar-refractivity contribution in [2.45, 2.75) is 59.4 Å². The molecule has 3 rings (SSSR count). The van der Waals surface area contributed by atoms with Gasteiger partial charge in [-0.15, -0.1) is 0 Å². The highest BCUT2D eigenvalue weighted by Crippen LogP contribution is 2.40. The Labute approximate surface area is 125 Å². The number of hydrogen-bond acceptors (Lipinski definition) is 2. The van der Waals surface area contributed by atoms with Gasteiger partial charge in [0.05, 0.1) is 5.39 Å². The van der Waals surface area contributed by atoms with E-state index in [-0.39, 0.29) is 5.56 Å². The van der Waals surface area contributed by atoms with Crippen LogP contribution in [0, 0.1) is 18.3 Å². The Bertz CT molecular complexity index is 697. The van der Waals surface area contributed by atoms with Crippen molar-refractivity contribution < 1.29 is 0 Å². The molecule has 0 radical (unpaired) electrons. The number of hydrogen-bond donors (Lipinski definition) is 1. The van der Waals surface area contributed by atoms with Gasteiger partial charge in [0.2, 0.25) is 0 Å². The van der Waals surface area contributed by atoms with Crippen molar-refractivity contribution in [2.75, 3.05) is 0 Å². The molecule has 0 unspecified atom stereocenters. The van der Waals surface area contributed by atoms with E-state index in [2.05, 4.69) is 30.7 Å². The molecule has 2 heterocycles. The van der Waals surface area contributed by atoms with E-state index in [1.54, 1.807) is 6.33 Å². The van der Waals surface area contributed by atoms with Crippen LogP contribution in [0.2, 0.25) is 0 Å². The topological polar surface area (TPSA) is 50.7 Å². The van der Waals surface area contributed by atoms with Crippen LogP contribution in [0.4, 0.5) is 0 Å². The van der Waals surface area contributed by atoms with Crippen LogP contribution >= 0.6 is 0 Å². The number of fused-ring (bicyclic) bond motifs is 1. The molecule has 1 aliphatic rings. The lowest BCUT2D eigenvalue weighted by molar-refractivity contribution is 0.151. The summed E-state index contributed by atoms with van der Waals surface area (Å²) in [4.78, 5) is 20.2. The Morgan fingerprint density at radius 2 is 1.90 bits per heavy atom. The van der Waals surface area contributed by atoms with Crippen LogP contribution in [0.3, 0.4) is 0 Å². The molecule has 1 aliphatic carbocycles. The first-order chi connectivity index (χ1) is 9.86. The molecule has 1 saturated carbocycles. The summed E-state index contributed by atoms with van der Waals surface area (Å²) in [6.45, 7) is 8.92. The van der Waals surface area contributed by atoms with Crippen LogP contribution in [0.25, 0.3) is 11.0 Å². The molecule has 4 nitrogen and oxygen atoms in total. The highest BCUT2D eigenvalue weighted by Gasteiger charge is 2.30. The predicted molar refractivity (Wildman–Crippen MR) is 85.5 cm³/mol. The standard InChI is InChI=1S/C17H25N3O/c1-11-9-14-15(19-11)18-10-20(16(14)21)13-7-5-12(6-8-13)17(2,3)4/h9-10,12-13,19H,5-8H2,1-4H3. The quantitative estimate of drug-likeness (QED) is 0.867. The minimum absolute atomic E-state index is 0.101. The maximum absolute atomic E-state index is 12.6. The van der Waals surface area contributed by atoms with Crippen LogP contribution < -0.4 is 5.56 Å². The minimum atomic E-state index is 0.101. The lowest BCUT2D eigenvalue weighted by Gasteiger charge is -2.37. The van der Waals surface area contributed by atoms with Gasteiger partial charge in [-0.2, -0.15) is 0 Å². The third-order valence-corrected chi connectivity index (χ3v) is 5.02. The predicted octanol–water partition coefficient (Wildman–Crippen LogP) is 3.81. The van der Waals surface area contributed by atoms with E-state index in [0.29, 0.717) is 22.5 Å². The number of aromatic amines is 1. The third kappa shape index (κ3) is 2.63. The van der Waals surface area contributed by atoms with Crippen LogP contribution in [0.1, 0.15) is 58.2 Å². The first-order valence-electron chi connectivity index (χ1n) is 7.92. The second kappa shape index (κ2) is 5.00. The molecule has 21 heavy (non-hydrogen) atoms. The summed E-state index contributed by atoms with van der Waals surface area (Å²) in [5.41, 5.74) is 2.17. The van der Waals surface area contributed by atoms with E-state index in [1.165, 1.54) is 12.8 Å². The first kappa shape index (κ1) is 14.4. The third-order valence-electron chi connectivity index (χ3n) is 5.02. The Kier molecular flexibility index (Phi) is 3.42. The minimum Gasteiger partial charge on any atom is -0.343 e. The molecule has 4 heteroatoms. The summed E-state index contributed by atoms with van der Waals surface area (Å²) in [5.74, 6) is 0.760. The number of aryl methyl sites for hydroxylation is 1. The van der Waals surface area contributed by atoms with Gasteiger partial charge in [-0.1, -0.05) is 20.8 Å². The summed E-state index contributed by atoms with van der Waals surface area (Å²) in [7, 11) is 0. The van der Waals surface area contributed by atoms with Gasteiger partial charge in [0, 0.05) is 11.7 Å². The second-order valence-corrected chi connectivity index (χ2v) is 7.54. The molecule has 114 valence electrons. The second-order valence-electron chi connectivity index (χ2n) is 7.54. The zero-order valence-corrected chi connectivity index (χ0v) is 13.4. The van der Waals surface area contributed by atoms with Crippen LogP contribution in [0.5, 0.6) is 0 Å². The Morgan fingerprint density at radius 1 is 1.24 bits per heavy atom. The summed E-state index contributed by atoms with van der Waals surface area (Å²) >= 11 is 0. The summed E-state index contributed by atoms with van der Waals surface area (Å²) < 4.78 is 1.86. The number of H-pyrrole nitrogens is 1. The molecule has 1 N–H and O–H groups in total. The molecule has 0 amide bonds. The largest absolute Gasteiger partial charge is 0.343 e. The molecule has 2 aromatic rings. The van der Waals surface area contributed by atoms with E-state index in [4.69, 9.17) is 0 Å². The van der Waals surface area contributed by atoms with Crippen molar-refractivity contribution >= 4 is 11.0 Å². The van der Waals surface area contributed by atoms with Gasteiger partial charge in [0.15, 0.2) is 0 Å². The molecule has 0 saturated heterocycles. The lowest BCUT2D eigenvalue weighted by Crippen LogP contribution is -2.31. The van der Waals surface area contributed by atoms with Crippen LogP contribution in [-0.4, -0.2) is 14.5 Å². The van der Waals surface area contributed by atoms with Gasteiger partial charge in [0.1, 0.15) is 12.0 Å². The van der Waals surface area contributed by atoms with Crippen molar-refractivity contribution in [2.24, 2.45) is 11.3 Å². The van der Waals surface area contributed by atoms with Crippen molar-refractivity contribution in [3.8, 4) is 0 Å². The zero-order valence-electron chi connectivity index (χ0n) is 13.4. The molecule has 0 spiro atoms. The molecule has 2 aromatic heterocycles. The van der Waals surface area contributed by atoms with Crippen LogP contribution in [0.15, 0.2) is 17.2 Å². The monoisotopic (exact) mass is 287 g/mol. The number of rotatable bonds is 1. The smallest absolute Gasteiger partial charge is 0.263 e. The average molecular weight is 287 g/mol. The van der Waals surface area contributed by atoms with Gasteiger partial charge in [0.25, 0.3) is 5.56 Å². The maximum Gasteiger partial charge on any atom is 0.263 e. The fourth-order valence-electron chi connectivity index (χ4n) is 3.63. The van der Waals surface area contributed by atoms with Gasteiger partial charge in [-0.3, -0.25) is 9.36 Å². The summed E-state index contributed by atoms with van der Waals surface area (Å²) in [6.07, 6.45) is 6.29. The molecule has 0 aromatic carbocycles. The molecule has 1 fully saturated rings. The van der Waals surface area contributed by atoms with Crippen molar-refractivity contribution in [3.63, 3.8) is 0 Å². The van der Waals surface area contributed by atoms with Gasteiger partial charge in [-0.05, 0) is 50.0 Å². The molecule has 0 aliphatic heterocycles. The Balaban J connectivity index is 1.86. The highest BCUT2D eigenvalue weighted by atomic mass is 16.1. The summed E-state index contributed by atoms with van der Waals surface area (Å²) in [5, 5.41) is 0.716. The van der Waals surface area contributed by atoms with E-state index in [1.807, 2.05) is 17.6 Å². The van der Waals surface area contributed by atoms with Crippen LogP contribution in [-0.2, 0) is 0 Å². The summed E-state index contributed by atoms with van der Waals surface area (Å²) in [6, 6.07) is 2.21. The van der Waals surface area contributed by atoms with Gasteiger partial charge < -0.3 is 4.98 Å². The molecular weight excluding hydrogens is 262 g/mol. The highest BCUT2D eigenvalue weighted by molar-refractivity contribution is 5.75. The number of nitrogens with zero attached hydrogens (tertiary/aromatic N) is 2. The number of aromatic nitrogens is 3. The van der Waals surface area contributed by atoms with E-state index in [9.17, 15) is 4.79 Å². The molecule has 0 atom stereocenters. The van der Waals surface area contributed by atoms with Gasteiger partial charge >= 0.3 is 0 Å². The van der Waals surface area contributed by atoms with Crippen molar-refractivity contribution in [3.05, 3.63) is 28.4 Å². The van der Waals surface area contributed by atoms with Gasteiger partial charge in [-0.25, -0.2) is 4.98 Å². The first-order valence-corrected chi connectivity index (χ1v) is 7.92. The van der Waals surface area contributed by atoms with E-state index >= 15 is 0 Å². The molecular formula is C17H25N3O. The maximum atomic E-state index is 12.6. The normalized spacial score (nSPS) is 23.6. The number of nitrogens with one attached hydrogen (secondary N) is 1. The van der Waals surface area contributed by atoms with Crippen molar-refractivity contribution in [1.29, 1.82) is 0 Å². The fourth-order valence-corrected chi connectivity index (χ4v) is 3.63. The average Bonchev–Trinajstić information content (AvgIpc) is 2.80. The Hall–Kier alpha value is -1.58. The van der Waals surface area contributed by atoms with Crippen molar-refractivity contribution in [1.82, 2.24) is 14.5 Å². The fraction of sp³-hybridized carbons (Fsp3) is 0.647. The SMILES string of the molecule is Cc1cc2c(=O)n(C3CCC(C(C)(C)C)CC3)cnc2[nH]1. The van der Waals surface area contributed by atoms with E-state index < -0.39 is 0 Å². The van der Waals surface area contributed by atoms with E-state index in [0.717, 1.165) is 24.5 Å².